The summed E-state index contributed by atoms with van der Waals surface area (Å²) in [5.41, 5.74) is 2.35. The van der Waals surface area contributed by atoms with E-state index in [4.69, 9.17) is 9.84 Å². The van der Waals surface area contributed by atoms with Gasteiger partial charge in [0, 0.05) is 50.5 Å². The maximum absolute atomic E-state index is 12.5. The molecular formula is C15H20N2O4. The van der Waals surface area contributed by atoms with Gasteiger partial charge in [0.2, 0.25) is 0 Å². The number of carbonyl (C=O) groups is 1. The molecule has 2 heterocycles. The van der Waals surface area contributed by atoms with Gasteiger partial charge >= 0.3 is 5.97 Å². The summed E-state index contributed by atoms with van der Waals surface area (Å²) in [7, 11) is 3.62. The number of carboxylic acid groups (broad SMARTS) is 1. The minimum atomic E-state index is -1.06. The fourth-order valence-corrected chi connectivity index (χ4v) is 2.58. The highest BCUT2D eigenvalue weighted by Gasteiger charge is 2.19. The lowest BCUT2D eigenvalue weighted by Gasteiger charge is -2.28. The number of hydrogen-bond donors (Lipinski definition) is 1. The molecule has 0 fully saturated rings. The molecule has 0 unspecified atom stereocenters. The van der Waals surface area contributed by atoms with E-state index in [0.29, 0.717) is 18.7 Å². The monoisotopic (exact) mass is 292 g/mol. The van der Waals surface area contributed by atoms with E-state index in [2.05, 4.69) is 4.90 Å². The van der Waals surface area contributed by atoms with E-state index in [-0.39, 0.29) is 5.56 Å². The maximum atomic E-state index is 12.5. The van der Waals surface area contributed by atoms with Gasteiger partial charge in [-0.25, -0.2) is 4.79 Å². The number of rotatable bonds is 5. The molecule has 0 amide bonds. The summed E-state index contributed by atoms with van der Waals surface area (Å²) in [4.78, 5) is 25.3. The van der Waals surface area contributed by atoms with Gasteiger partial charge < -0.3 is 19.3 Å². The topological polar surface area (TPSA) is 71.8 Å². The van der Waals surface area contributed by atoms with Crippen molar-refractivity contribution in [1.82, 2.24) is 9.47 Å². The molecule has 0 aromatic carbocycles. The zero-order valence-corrected chi connectivity index (χ0v) is 12.3. The summed E-state index contributed by atoms with van der Waals surface area (Å²) in [5, 5.41) is 8.73. The highest BCUT2D eigenvalue weighted by Crippen LogP contribution is 2.18. The summed E-state index contributed by atoms with van der Waals surface area (Å²) in [6, 6.07) is 1.80. The predicted octanol–water partition coefficient (Wildman–Crippen LogP) is 0.580. The van der Waals surface area contributed by atoms with Crippen molar-refractivity contribution in [3.63, 3.8) is 0 Å². The van der Waals surface area contributed by atoms with Crippen LogP contribution in [0.4, 0.5) is 0 Å². The molecule has 1 aliphatic rings. The van der Waals surface area contributed by atoms with Gasteiger partial charge in [-0.05, 0) is 24.8 Å². The molecule has 1 aliphatic heterocycles. The van der Waals surface area contributed by atoms with Crippen LogP contribution in [0.1, 0.15) is 16.8 Å². The SMILES string of the molecule is COCCn1c2c(cc(/C=C/C(=O)O)c1=O)CN(C)CC2. The highest BCUT2D eigenvalue weighted by atomic mass is 16.5. The zero-order valence-electron chi connectivity index (χ0n) is 12.3. The fourth-order valence-electron chi connectivity index (χ4n) is 2.58. The number of nitrogens with zero attached hydrogens (tertiary/aromatic N) is 2. The maximum Gasteiger partial charge on any atom is 0.328 e. The van der Waals surface area contributed by atoms with E-state index >= 15 is 0 Å². The number of fused-ring (bicyclic) bond motifs is 1. The second kappa shape index (κ2) is 6.69. The Labute approximate surface area is 123 Å². The smallest absolute Gasteiger partial charge is 0.328 e. The van der Waals surface area contributed by atoms with E-state index in [1.807, 2.05) is 7.05 Å². The molecule has 2 rings (SSSR count). The Morgan fingerprint density at radius 1 is 1.52 bits per heavy atom. The molecule has 6 nitrogen and oxygen atoms in total. The van der Waals surface area contributed by atoms with Crippen molar-refractivity contribution in [3.8, 4) is 0 Å². The first-order chi connectivity index (χ1) is 10.0. The van der Waals surface area contributed by atoms with Crippen LogP contribution in [0.25, 0.3) is 6.08 Å². The van der Waals surface area contributed by atoms with Crippen LogP contribution < -0.4 is 5.56 Å². The molecule has 0 saturated carbocycles. The molecule has 0 aliphatic carbocycles. The number of methoxy groups -OCH3 is 1. The van der Waals surface area contributed by atoms with Gasteiger partial charge in [-0.15, -0.1) is 0 Å². The number of aromatic nitrogens is 1. The number of hydrogen-bond acceptors (Lipinski definition) is 4. The van der Waals surface area contributed by atoms with Gasteiger partial charge in [0.05, 0.1) is 6.61 Å². The Kier molecular flexibility index (Phi) is 4.93. The Bertz CT molecular complexity index is 619. The second-order valence-corrected chi connectivity index (χ2v) is 5.18. The standard InChI is InChI=1S/C15H20N2O4/c1-16-6-5-13-12(10-16)9-11(3-4-14(18)19)15(20)17(13)7-8-21-2/h3-4,9H,5-8,10H2,1-2H3,(H,18,19)/b4-3+. The number of carboxylic acids is 1. The van der Waals surface area contributed by atoms with Gasteiger partial charge in [0.15, 0.2) is 0 Å². The summed E-state index contributed by atoms with van der Waals surface area (Å²) < 4.78 is 6.78. The normalized spacial score (nSPS) is 15.3. The number of ether oxygens (including phenoxy) is 1. The van der Waals surface area contributed by atoms with Crippen molar-refractivity contribution in [1.29, 1.82) is 0 Å². The zero-order chi connectivity index (χ0) is 15.4. The quantitative estimate of drug-likeness (QED) is 0.804. The molecule has 1 aromatic heterocycles. The van der Waals surface area contributed by atoms with Crippen LogP contribution >= 0.6 is 0 Å². The summed E-state index contributed by atoms with van der Waals surface area (Å²) >= 11 is 0. The van der Waals surface area contributed by atoms with Gasteiger partial charge in [0.25, 0.3) is 5.56 Å². The number of pyridine rings is 1. The van der Waals surface area contributed by atoms with Crippen molar-refractivity contribution in [2.24, 2.45) is 0 Å². The van der Waals surface area contributed by atoms with Crippen molar-refractivity contribution in [2.75, 3.05) is 27.3 Å². The minimum Gasteiger partial charge on any atom is -0.478 e. The first kappa shape index (κ1) is 15.5. The van der Waals surface area contributed by atoms with Gasteiger partial charge in [-0.2, -0.15) is 0 Å². The average Bonchev–Trinajstić information content (AvgIpc) is 2.44. The van der Waals surface area contributed by atoms with E-state index in [9.17, 15) is 9.59 Å². The van der Waals surface area contributed by atoms with Crippen LogP contribution in [0.2, 0.25) is 0 Å². The first-order valence-corrected chi connectivity index (χ1v) is 6.87. The largest absolute Gasteiger partial charge is 0.478 e. The Morgan fingerprint density at radius 3 is 2.95 bits per heavy atom. The fraction of sp³-hybridized carbons (Fsp3) is 0.467. The first-order valence-electron chi connectivity index (χ1n) is 6.87. The Hall–Kier alpha value is -1.92. The number of aliphatic carboxylic acids is 1. The molecular weight excluding hydrogens is 272 g/mol. The van der Waals surface area contributed by atoms with Gasteiger partial charge in [-0.1, -0.05) is 0 Å². The van der Waals surface area contributed by atoms with Crippen LogP contribution in [0.3, 0.4) is 0 Å². The van der Waals surface area contributed by atoms with E-state index in [0.717, 1.165) is 36.8 Å². The van der Waals surface area contributed by atoms with E-state index in [1.165, 1.54) is 6.08 Å². The van der Waals surface area contributed by atoms with Crippen LogP contribution in [0, 0.1) is 0 Å². The van der Waals surface area contributed by atoms with E-state index in [1.54, 1.807) is 17.7 Å². The molecule has 21 heavy (non-hydrogen) atoms. The Balaban J connectivity index is 2.50. The lowest BCUT2D eigenvalue weighted by molar-refractivity contribution is -0.131. The molecule has 0 bridgehead atoms. The third-order valence-corrected chi connectivity index (χ3v) is 3.61. The Morgan fingerprint density at radius 2 is 2.29 bits per heavy atom. The lowest BCUT2D eigenvalue weighted by Crippen LogP contribution is -2.35. The molecule has 0 radical (unpaired) electrons. The molecule has 6 heteroatoms. The van der Waals surface area contributed by atoms with E-state index < -0.39 is 5.97 Å². The third-order valence-electron chi connectivity index (χ3n) is 3.61. The van der Waals surface area contributed by atoms with Crippen LogP contribution in [0.15, 0.2) is 16.9 Å². The third kappa shape index (κ3) is 3.59. The molecule has 1 N–H and O–H groups in total. The van der Waals surface area contributed by atoms with Crippen molar-refractivity contribution >= 4 is 12.0 Å². The molecule has 114 valence electrons. The number of likely N-dealkylation sites (N-methyl/N-ethyl adjacent to an activating group) is 1. The van der Waals surface area contributed by atoms with Crippen LogP contribution in [-0.2, 0) is 29.0 Å². The van der Waals surface area contributed by atoms with Crippen molar-refractivity contribution in [3.05, 3.63) is 39.3 Å². The lowest BCUT2D eigenvalue weighted by atomic mass is 10.0. The van der Waals surface area contributed by atoms with Crippen molar-refractivity contribution < 1.29 is 14.6 Å². The highest BCUT2D eigenvalue weighted by molar-refractivity contribution is 5.85. The van der Waals surface area contributed by atoms with Crippen LogP contribution in [0.5, 0.6) is 0 Å². The molecule has 0 spiro atoms. The predicted molar refractivity (Wildman–Crippen MR) is 79.3 cm³/mol. The average molecular weight is 292 g/mol. The van der Waals surface area contributed by atoms with Crippen LogP contribution in [-0.4, -0.2) is 47.9 Å². The summed E-state index contributed by atoms with van der Waals surface area (Å²) in [6.45, 7) is 2.60. The second-order valence-electron chi connectivity index (χ2n) is 5.18. The minimum absolute atomic E-state index is 0.159. The molecule has 0 atom stereocenters. The van der Waals surface area contributed by atoms with Gasteiger partial charge in [-0.3, -0.25) is 4.79 Å². The van der Waals surface area contributed by atoms with Crippen molar-refractivity contribution in [2.45, 2.75) is 19.5 Å². The van der Waals surface area contributed by atoms with Gasteiger partial charge in [0.1, 0.15) is 0 Å². The summed E-state index contributed by atoms with van der Waals surface area (Å²) in [5.74, 6) is -1.06. The molecule has 0 saturated heterocycles. The summed E-state index contributed by atoms with van der Waals surface area (Å²) in [6.07, 6.45) is 3.17. The molecule has 1 aromatic rings.